The monoisotopic (exact) mass is 426 g/mol. The van der Waals surface area contributed by atoms with Gasteiger partial charge in [0.25, 0.3) is 5.91 Å². The van der Waals surface area contributed by atoms with Gasteiger partial charge in [0.15, 0.2) is 0 Å². The fraction of sp³-hybridized carbons (Fsp3) is 0.231. The van der Waals surface area contributed by atoms with Crippen LogP contribution in [0.1, 0.15) is 16.2 Å². The Morgan fingerprint density at radius 2 is 1.56 bits per heavy atom. The number of imidazole rings is 1. The van der Waals surface area contributed by atoms with E-state index in [0.717, 1.165) is 42.2 Å². The second-order valence-electron chi connectivity index (χ2n) is 8.06. The molecule has 4 aromatic rings. The summed E-state index contributed by atoms with van der Waals surface area (Å²) in [6.45, 7) is 3.78. The maximum Gasteiger partial charge on any atom is 0.257 e. The lowest BCUT2D eigenvalue weighted by molar-refractivity contribution is 0.0622. The molecular weight excluding hydrogens is 400 g/mol. The maximum atomic E-state index is 13.3. The zero-order valence-electron chi connectivity index (χ0n) is 18.1. The lowest BCUT2D eigenvalue weighted by atomic mass is 10.1. The number of benzene rings is 3. The fourth-order valence-electron chi connectivity index (χ4n) is 4.16. The van der Waals surface area contributed by atoms with Gasteiger partial charge in [0.1, 0.15) is 17.3 Å². The van der Waals surface area contributed by atoms with Crippen LogP contribution in [0.2, 0.25) is 0 Å². The Labute approximate surface area is 187 Å². The van der Waals surface area contributed by atoms with E-state index >= 15 is 0 Å². The number of piperazine rings is 1. The summed E-state index contributed by atoms with van der Waals surface area (Å²) in [6.07, 6.45) is 0. The zero-order chi connectivity index (χ0) is 21.9. The van der Waals surface area contributed by atoms with Crippen LogP contribution in [0.4, 0.5) is 0 Å². The molecule has 1 fully saturated rings. The van der Waals surface area contributed by atoms with Gasteiger partial charge in [-0.3, -0.25) is 9.69 Å². The van der Waals surface area contributed by atoms with Gasteiger partial charge in [-0.2, -0.15) is 0 Å². The van der Waals surface area contributed by atoms with Crippen molar-refractivity contribution in [1.82, 2.24) is 19.4 Å². The normalized spacial score (nSPS) is 14.6. The Balaban J connectivity index is 1.24. The van der Waals surface area contributed by atoms with Gasteiger partial charge in [-0.1, -0.05) is 42.5 Å². The molecule has 32 heavy (non-hydrogen) atoms. The number of aromatic nitrogens is 2. The topological polar surface area (TPSA) is 50.6 Å². The van der Waals surface area contributed by atoms with E-state index in [-0.39, 0.29) is 5.91 Å². The average Bonchev–Trinajstić information content (AvgIpc) is 3.15. The van der Waals surface area contributed by atoms with Crippen molar-refractivity contribution in [3.05, 3.63) is 90.3 Å². The van der Waals surface area contributed by atoms with E-state index in [9.17, 15) is 4.79 Å². The van der Waals surface area contributed by atoms with Gasteiger partial charge in [-0.05, 0) is 36.4 Å². The number of amides is 1. The Hall–Kier alpha value is -3.64. The largest absolute Gasteiger partial charge is 0.457 e. The second kappa shape index (κ2) is 8.85. The molecule has 0 N–H and O–H groups in total. The average molecular weight is 427 g/mol. The van der Waals surface area contributed by atoms with Gasteiger partial charge in [-0.15, -0.1) is 0 Å². The molecule has 0 saturated carbocycles. The maximum absolute atomic E-state index is 13.3. The van der Waals surface area contributed by atoms with E-state index < -0.39 is 0 Å². The lowest BCUT2D eigenvalue weighted by Gasteiger charge is -2.34. The number of hydrogen-bond acceptors (Lipinski definition) is 4. The van der Waals surface area contributed by atoms with Gasteiger partial charge in [0.2, 0.25) is 0 Å². The van der Waals surface area contributed by atoms with Crippen molar-refractivity contribution >= 4 is 16.9 Å². The molecule has 0 aliphatic carbocycles. The van der Waals surface area contributed by atoms with Gasteiger partial charge in [-0.25, -0.2) is 4.98 Å². The molecule has 2 heterocycles. The fourth-order valence-corrected chi connectivity index (χ4v) is 4.16. The van der Waals surface area contributed by atoms with Crippen molar-refractivity contribution in [2.45, 2.75) is 6.54 Å². The van der Waals surface area contributed by atoms with Crippen LogP contribution in [0.3, 0.4) is 0 Å². The number of ether oxygens (including phenoxy) is 1. The molecule has 1 saturated heterocycles. The first-order valence-corrected chi connectivity index (χ1v) is 10.9. The molecular formula is C26H26N4O2. The number of carbonyl (C=O) groups is 1. The highest BCUT2D eigenvalue weighted by Gasteiger charge is 2.25. The lowest BCUT2D eigenvalue weighted by Crippen LogP contribution is -2.48. The summed E-state index contributed by atoms with van der Waals surface area (Å²) in [5, 5.41) is 0. The standard InChI is InChI=1S/C26H26N4O2/c1-28-23-13-7-6-12-22(23)27-25(28)19-29-15-17-30(18-16-29)26(31)21-11-5-8-14-24(21)32-20-9-3-2-4-10-20/h2-14H,15-19H2,1H3. The van der Waals surface area contributed by atoms with E-state index in [1.807, 2.05) is 77.7 Å². The van der Waals surface area contributed by atoms with Gasteiger partial charge in [0.05, 0.1) is 23.1 Å². The first-order chi connectivity index (χ1) is 15.7. The van der Waals surface area contributed by atoms with Crippen LogP contribution >= 0.6 is 0 Å². The number of aryl methyl sites for hydroxylation is 1. The molecule has 1 aliphatic rings. The number of hydrogen-bond donors (Lipinski definition) is 0. The molecule has 162 valence electrons. The van der Waals surface area contributed by atoms with Crippen molar-refractivity contribution in [3.63, 3.8) is 0 Å². The summed E-state index contributed by atoms with van der Waals surface area (Å²) in [4.78, 5) is 22.3. The molecule has 3 aromatic carbocycles. The van der Waals surface area contributed by atoms with E-state index in [2.05, 4.69) is 22.6 Å². The first kappa shape index (κ1) is 20.3. The van der Waals surface area contributed by atoms with Crippen molar-refractivity contribution < 1.29 is 9.53 Å². The summed E-state index contributed by atoms with van der Waals surface area (Å²) in [6, 6.07) is 25.2. The summed E-state index contributed by atoms with van der Waals surface area (Å²) >= 11 is 0. The quantitative estimate of drug-likeness (QED) is 0.477. The molecule has 6 nitrogen and oxygen atoms in total. The second-order valence-corrected chi connectivity index (χ2v) is 8.06. The molecule has 5 rings (SSSR count). The number of nitrogens with zero attached hydrogens (tertiary/aromatic N) is 4. The predicted molar refractivity (Wildman–Crippen MR) is 125 cm³/mol. The number of carbonyl (C=O) groups excluding carboxylic acids is 1. The molecule has 1 amide bonds. The third-order valence-corrected chi connectivity index (χ3v) is 5.99. The predicted octanol–water partition coefficient (Wildman–Crippen LogP) is 4.32. The minimum absolute atomic E-state index is 0.0129. The van der Waals surface area contributed by atoms with Crippen LogP contribution in [0, 0.1) is 0 Å². The first-order valence-electron chi connectivity index (χ1n) is 10.9. The summed E-state index contributed by atoms with van der Waals surface area (Å²) in [7, 11) is 2.06. The summed E-state index contributed by atoms with van der Waals surface area (Å²) in [5.74, 6) is 2.37. The van der Waals surface area contributed by atoms with E-state index in [0.29, 0.717) is 24.4 Å². The van der Waals surface area contributed by atoms with Crippen LogP contribution < -0.4 is 4.74 Å². The smallest absolute Gasteiger partial charge is 0.257 e. The van der Waals surface area contributed by atoms with E-state index in [1.54, 1.807) is 0 Å². The molecule has 1 aliphatic heterocycles. The Kier molecular flexibility index (Phi) is 5.60. The Morgan fingerprint density at radius 1 is 0.875 bits per heavy atom. The van der Waals surface area contributed by atoms with Gasteiger partial charge >= 0.3 is 0 Å². The number of rotatable bonds is 5. The van der Waals surface area contributed by atoms with Crippen molar-refractivity contribution in [1.29, 1.82) is 0 Å². The third-order valence-electron chi connectivity index (χ3n) is 5.99. The van der Waals surface area contributed by atoms with Gasteiger partial charge in [0, 0.05) is 33.2 Å². The highest BCUT2D eigenvalue weighted by Crippen LogP contribution is 2.26. The minimum atomic E-state index is 0.0129. The van der Waals surface area contributed by atoms with E-state index in [4.69, 9.17) is 9.72 Å². The Morgan fingerprint density at radius 3 is 2.34 bits per heavy atom. The van der Waals surface area contributed by atoms with Crippen LogP contribution in [0.15, 0.2) is 78.9 Å². The van der Waals surface area contributed by atoms with Crippen LogP contribution in [0.5, 0.6) is 11.5 Å². The summed E-state index contributed by atoms with van der Waals surface area (Å²) in [5.41, 5.74) is 2.76. The zero-order valence-corrected chi connectivity index (χ0v) is 18.1. The SMILES string of the molecule is Cn1c(CN2CCN(C(=O)c3ccccc3Oc3ccccc3)CC2)nc2ccccc21. The molecule has 0 atom stereocenters. The van der Waals surface area contributed by atoms with Crippen molar-refractivity contribution in [3.8, 4) is 11.5 Å². The Bertz CT molecular complexity index is 1230. The molecule has 1 aromatic heterocycles. The van der Waals surface area contributed by atoms with Gasteiger partial charge < -0.3 is 14.2 Å². The molecule has 6 heteroatoms. The minimum Gasteiger partial charge on any atom is -0.457 e. The van der Waals surface area contributed by atoms with Crippen LogP contribution in [-0.4, -0.2) is 51.4 Å². The van der Waals surface area contributed by atoms with Crippen LogP contribution in [0.25, 0.3) is 11.0 Å². The van der Waals surface area contributed by atoms with Crippen LogP contribution in [-0.2, 0) is 13.6 Å². The third kappa shape index (κ3) is 4.09. The molecule has 0 spiro atoms. The van der Waals surface area contributed by atoms with Crippen molar-refractivity contribution in [2.75, 3.05) is 26.2 Å². The number of fused-ring (bicyclic) bond motifs is 1. The molecule has 0 unspecified atom stereocenters. The number of para-hydroxylation sites is 4. The van der Waals surface area contributed by atoms with Crippen molar-refractivity contribution in [2.24, 2.45) is 7.05 Å². The highest BCUT2D eigenvalue weighted by atomic mass is 16.5. The molecule has 0 radical (unpaired) electrons. The molecule has 0 bridgehead atoms. The van der Waals surface area contributed by atoms with E-state index in [1.165, 1.54) is 0 Å². The summed E-state index contributed by atoms with van der Waals surface area (Å²) < 4.78 is 8.15. The highest BCUT2D eigenvalue weighted by molar-refractivity contribution is 5.97.